The summed E-state index contributed by atoms with van der Waals surface area (Å²) in [7, 11) is 0. The summed E-state index contributed by atoms with van der Waals surface area (Å²) in [4.78, 5) is 15.6. The number of benzene rings is 3. The van der Waals surface area contributed by atoms with Gasteiger partial charge in [-0.05, 0) is 35.4 Å². The van der Waals surface area contributed by atoms with Gasteiger partial charge in [-0.3, -0.25) is 4.79 Å². The fourth-order valence-electron chi connectivity index (χ4n) is 4.20. The van der Waals surface area contributed by atoms with Crippen LogP contribution in [0.15, 0.2) is 97.1 Å². The summed E-state index contributed by atoms with van der Waals surface area (Å²) in [6, 6.07) is 31.4. The summed E-state index contributed by atoms with van der Waals surface area (Å²) in [5, 5.41) is 11.9. The van der Waals surface area contributed by atoms with E-state index >= 15 is 0 Å². The fraction of sp³-hybridized carbons (Fsp3) is 0.179. The molecule has 0 aliphatic carbocycles. The van der Waals surface area contributed by atoms with Crippen molar-refractivity contribution in [3.8, 4) is 11.3 Å². The van der Waals surface area contributed by atoms with Crippen LogP contribution in [0.1, 0.15) is 17.0 Å². The molecule has 5 rings (SSSR count). The maximum atomic E-state index is 13.4. The van der Waals surface area contributed by atoms with Crippen molar-refractivity contribution in [1.82, 2.24) is 10.2 Å². The minimum absolute atomic E-state index is 0.0803. The van der Waals surface area contributed by atoms with Gasteiger partial charge in [0.15, 0.2) is 5.82 Å². The Balaban J connectivity index is 1.36. The maximum Gasteiger partial charge on any atom is 0.236 e. The number of anilines is 2. The minimum Gasteiger partial charge on any atom is -0.378 e. The number of amides is 1. The Labute approximate surface area is 199 Å². The third kappa shape index (κ3) is 4.97. The van der Waals surface area contributed by atoms with Gasteiger partial charge in [-0.2, -0.15) is 0 Å². The zero-order chi connectivity index (χ0) is 23.2. The van der Waals surface area contributed by atoms with Crippen molar-refractivity contribution in [2.45, 2.75) is 5.92 Å². The Morgan fingerprint density at radius 1 is 0.794 bits per heavy atom. The normalized spacial score (nSPS) is 13.6. The van der Waals surface area contributed by atoms with E-state index in [-0.39, 0.29) is 5.91 Å². The highest BCUT2D eigenvalue weighted by Gasteiger charge is 2.23. The quantitative estimate of drug-likeness (QED) is 0.459. The molecule has 1 N–H and O–H groups in total. The van der Waals surface area contributed by atoms with Crippen LogP contribution in [-0.2, 0) is 9.53 Å². The third-order valence-corrected chi connectivity index (χ3v) is 5.94. The molecule has 34 heavy (non-hydrogen) atoms. The van der Waals surface area contributed by atoms with E-state index in [1.165, 1.54) is 0 Å². The molecule has 1 aliphatic rings. The van der Waals surface area contributed by atoms with Crippen LogP contribution >= 0.6 is 0 Å². The Morgan fingerprint density at radius 3 is 2.09 bits per heavy atom. The highest BCUT2D eigenvalue weighted by atomic mass is 16.5. The van der Waals surface area contributed by atoms with Gasteiger partial charge in [-0.1, -0.05) is 72.8 Å². The van der Waals surface area contributed by atoms with Crippen molar-refractivity contribution in [3.05, 3.63) is 108 Å². The lowest BCUT2D eigenvalue weighted by Crippen LogP contribution is -2.36. The van der Waals surface area contributed by atoms with Crippen LogP contribution in [0.25, 0.3) is 11.3 Å². The molecule has 6 heteroatoms. The monoisotopic (exact) mass is 450 g/mol. The maximum absolute atomic E-state index is 13.4. The van der Waals surface area contributed by atoms with E-state index in [0.29, 0.717) is 13.2 Å². The molecule has 1 fully saturated rings. The second-order valence-corrected chi connectivity index (χ2v) is 8.20. The predicted molar refractivity (Wildman–Crippen MR) is 134 cm³/mol. The molecule has 1 amide bonds. The SMILES string of the molecule is O=C(Nc1cccc(-c2ccc(N3CCOCC3)nn2)c1)C(c1ccccc1)c1ccccc1. The number of ether oxygens (including phenoxy) is 1. The molecule has 0 atom stereocenters. The van der Waals surface area contributed by atoms with Crippen molar-refractivity contribution in [3.63, 3.8) is 0 Å². The Hall–Kier alpha value is -4.03. The molecule has 1 aromatic heterocycles. The van der Waals surface area contributed by atoms with E-state index in [9.17, 15) is 4.79 Å². The van der Waals surface area contributed by atoms with Gasteiger partial charge in [0.25, 0.3) is 0 Å². The second kappa shape index (κ2) is 10.3. The van der Waals surface area contributed by atoms with E-state index in [1.54, 1.807) is 0 Å². The molecular weight excluding hydrogens is 424 g/mol. The first-order valence-corrected chi connectivity index (χ1v) is 11.5. The smallest absolute Gasteiger partial charge is 0.236 e. The Morgan fingerprint density at radius 2 is 1.47 bits per heavy atom. The van der Waals surface area contributed by atoms with Crippen molar-refractivity contribution < 1.29 is 9.53 Å². The number of carbonyl (C=O) groups excluding carboxylic acids is 1. The van der Waals surface area contributed by atoms with Gasteiger partial charge >= 0.3 is 0 Å². The average Bonchev–Trinajstić information content (AvgIpc) is 2.91. The zero-order valence-corrected chi connectivity index (χ0v) is 18.8. The van der Waals surface area contributed by atoms with Gasteiger partial charge in [0, 0.05) is 24.3 Å². The number of morpholine rings is 1. The van der Waals surface area contributed by atoms with Crippen LogP contribution in [0, 0.1) is 0 Å². The fourth-order valence-corrected chi connectivity index (χ4v) is 4.20. The number of aromatic nitrogens is 2. The van der Waals surface area contributed by atoms with E-state index in [1.807, 2.05) is 97.1 Å². The highest BCUT2D eigenvalue weighted by molar-refractivity contribution is 5.98. The summed E-state index contributed by atoms with van der Waals surface area (Å²) >= 11 is 0. The third-order valence-electron chi connectivity index (χ3n) is 5.94. The van der Waals surface area contributed by atoms with E-state index in [0.717, 1.165) is 47.0 Å². The number of nitrogens with one attached hydrogen (secondary N) is 1. The van der Waals surface area contributed by atoms with Crippen molar-refractivity contribution in [1.29, 1.82) is 0 Å². The first-order valence-electron chi connectivity index (χ1n) is 11.5. The van der Waals surface area contributed by atoms with Crippen LogP contribution in [0.2, 0.25) is 0 Å². The van der Waals surface area contributed by atoms with Gasteiger partial charge in [0.1, 0.15) is 0 Å². The number of nitrogens with zero attached hydrogens (tertiary/aromatic N) is 3. The molecule has 0 saturated carbocycles. The lowest BCUT2D eigenvalue weighted by atomic mass is 9.90. The zero-order valence-electron chi connectivity index (χ0n) is 18.8. The lowest BCUT2D eigenvalue weighted by Gasteiger charge is -2.27. The van der Waals surface area contributed by atoms with Crippen LogP contribution in [0.4, 0.5) is 11.5 Å². The van der Waals surface area contributed by atoms with Crippen molar-refractivity contribution >= 4 is 17.4 Å². The van der Waals surface area contributed by atoms with E-state index in [2.05, 4.69) is 20.4 Å². The number of carbonyl (C=O) groups is 1. The first-order chi connectivity index (χ1) is 16.8. The first kappa shape index (κ1) is 21.8. The van der Waals surface area contributed by atoms with Crippen LogP contribution < -0.4 is 10.2 Å². The highest BCUT2D eigenvalue weighted by Crippen LogP contribution is 2.28. The van der Waals surface area contributed by atoms with E-state index < -0.39 is 5.92 Å². The van der Waals surface area contributed by atoms with Gasteiger partial charge in [-0.25, -0.2) is 0 Å². The molecule has 0 spiro atoms. The molecule has 0 radical (unpaired) electrons. The number of hydrogen-bond donors (Lipinski definition) is 1. The van der Waals surface area contributed by atoms with Crippen molar-refractivity contribution in [2.75, 3.05) is 36.5 Å². The number of rotatable bonds is 6. The largest absolute Gasteiger partial charge is 0.378 e. The van der Waals surface area contributed by atoms with Gasteiger partial charge in [-0.15, -0.1) is 10.2 Å². The molecule has 1 saturated heterocycles. The summed E-state index contributed by atoms with van der Waals surface area (Å²) in [5.74, 6) is 0.368. The second-order valence-electron chi connectivity index (χ2n) is 8.20. The molecule has 2 heterocycles. The topological polar surface area (TPSA) is 67.4 Å². The average molecular weight is 451 g/mol. The Bertz CT molecular complexity index is 1180. The predicted octanol–water partition coefficient (Wildman–Crippen LogP) is 4.75. The summed E-state index contributed by atoms with van der Waals surface area (Å²) in [5.41, 5.74) is 4.28. The molecule has 0 bridgehead atoms. The summed E-state index contributed by atoms with van der Waals surface area (Å²) < 4.78 is 5.41. The minimum atomic E-state index is -0.404. The molecule has 6 nitrogen and oxygen atoms in total. The standard InChI is InChI=1S/C28H26N4O2/c33-28(27(21-8-3-1-4-9-21)22-10-5-2-6-11-22)29-24-13-7-12-23(20-24)25-14-15-26(31-30-25)32-16-18-34-19-17-32/h1-15,20,27H,16-19H2,(H,29,33). The summed E-state index contributed by atoms with van der Waals surface area (Å²) in [6.45, 7) is 3.05. The summed E-state index contributed by atoms with van der Waals surface area (Å²) in [6.07, 6.45) is 0. The van der Waals surface area contributed by atoms with Crippen LogP contribution in [0.5, 0.6) is 0 Å². The Kier molecular flexibility index (Phi) is 6.59. The number of hydrogen-bond acceptors (Lipinski definition) is 5. The van der Waals surface area contributed by atoms with Gasteiger partial charge in [0.05, 0.1) is 24.8 Å². The molecule has 170 valence electrons. The van der Waals surface area contributed by atoms with Crippen LogP contribution in [-0.4, -0.2) is 42.4 Å². The molecule has 1 aliphatic heterocycles. The van der Waals surface area contributed by atoms with Crippen LogP contribution in [0.3, 0.4) is 0 Å². The molecular formula is C28H26N4O2. The van der Waals surface area contributed by atoms with Crippen molar-refractivity contribution in [2.24, 2.45) is 0 Å². The van der Waals surface area contributed by atoms with Gasteiger partial charge in [0.2, 0.25) is 5.91 Å². The van der Waals surface area contributed by atoms with E-state index in [4.69, 9.17) is 4.74 Å². The lowest BCUT2D eigenvalue weighted by molar-refractivity contribution is -0.116. The molecule has 3 aromatic carbocycles. The molecule has 4 aromatic rings. The van der Waals surface area contributed by atoms with Gasteiger partial charge < -0.3 is 15.0 Å². The molecule has 0 unspecified atom stereocenters.